The number of fused-ring (bicyclic) bond motifs is 1. The Morgan fingerprint density at radius 2 is 1.97 bits per heavy atom. The molecule has 0 saturated carbocycles. The number of carbonyl (C=O) groups excluding carboxylic acids is 1. The molecular formula is C25H26N4O3S2. The Bertz CT molecular complexity index is 1470. The third-order valence-corrected chi connectivity index (χ3v) is 8.89. The lowest BCUT2D eigenvalue weighted by Crippen LogP contribution is -2.15. The van der Waals surface area contributed by atoms with Crippen LogP contribution in [0.15, 0.2) is 47.8 Å². The van der Waals surface area contributed by atoms with Crippen molar-refractivity contribution in [3.05, 3.63) is 64.7 Å². The van der Waals surface area contributed by atoms with Gasteiger partial charge in [-0.05, 0) is 54.5 Å². The molecule has 0 spiro atoms. The summed E-state index contributed by atoms with van der Waals surface area (Å²) in [5, 5.41) is 10.3. The van der Waals surface area contributed by atoms with Gasteiger partial charge in [0.15, 0.2) is 15.5 Å². The maximum atomic E-state index is 13.5. The van der Waals surface area contributed by atoms with Crippen molar-refractivity contribution in [2.75, 3.05) is 16.8 Å². The number of aryl methyl sites for hydroxylation is 1. The first kappa shape index (κ1) is 22.7. The molecule has 1 fully saturated rings. The number of nitrogens with one attached hydrogen (secondary N) is 1. The van der Waals surface area contributed by atoms with E-state index < -0.39 is 9.84 Å². The van der Waals surface area contributed by atoms with Gasteiger partial charge >= 0.3 is 0 Å². The molecule has 4 heterocycles. The molecule has 1 atom stereocenters. The van der Waals surface area contributed by atoms with Crippen LogP contribution in [0.1, 0.15) is 53.8 Å². The number of pyridine rings is 1. The first-order valence-electron chi connectivity index (χ1n) is 11.3. The lowest BCUT2D eigenvalue weighted by molar-refractivity contribution is 0.102. The van der Waals surface area contributed by atoms with Crippen LogP contribution in [0.3, 0.4) is 0 Å². The van der Waals surface area contributed by atoms with Gasteiger partial charge in [0.1, 0.15) is 0 Å². The first-order chi connectivity index (χ1) is 16.2. The van der Waals surface area contributed by atoms with E-state index in [0.29, 0.717) is 46.0 Å². The normalized spacial score (nSPS) is 17.5. The van der Waals surface area contributed by atoms with Crippen molar-refractivity contribution in [2.45, 2.75) is 39.2 Å². The summed E-state index contributed by atoms with van der Waals surface area (Å²) in [6, 6.07) is 13.3. The summed E-state index contributed by atoms with van der Waals surface area (Å²) in [4.78, 5) is 19.3. The average molecular weight is 495 g/mol. The SMILES string of the molecule is Cc1nn(C2CCS(=O)(=O)C2)c2nc(-c3cccs3)cc(C(=O)Nc3ccc(C(C)C)cc3)c12. The van der Waals surface area contributed by atoms with E-state index in [9.17, 15) is 13.2 Å². The topological polar surface area (TPSA) is 93.9 Å². The van der Waals surface area contributed by atoms with E-state index in [4.69, 9.17) is 4.98 Å². The highest BCUT2D eigenvalue weighted by Gasteiger charge is 2.32. The van der Waals surface area contributed by atoms with Crippen LogP contribution in [0.4, 0.5) is 5.69 Å². The smallest absolute Gasteiger partial charge is 0.256 e. The van der Waals surface area contributed by atoms with Gasteiger partial charge in [-0.2, -0.15) is 5.10 Å². The zero-order valence-corrected chi connectivity index (χ0v) is 20.9. The first-order valence-corrected chi connectivity index (χ1v) is 14.0. The molecule has 0 aliphatic carbocycles. The molecule has 176 valence electrons. The number of anilines is 1. The molecular weight excluding hydrogens is 468 g/mol. The molecule has 1 aromatic carbocycles. The Morgan fingerprint density at radius 1 is 1.21 bits per heavy atom. The summed E-state index contributed by atoms with van der Waals surface area (Å²) in [5.74, 6) is 0.343. The molecule has 3 aromatic heterocycles. The van der Waals surface area contributed by atoms with Crippen LogP contribution in [0.2, 0.25) is 0 Å². The Hall–Kier alpha value is -3.04. The van der Waals surface area contributed by atoms with Crippen molar-refractivity contribution in [3.8, 4) is 10.6 Å². The summed E-state index contributed by atoms with van der Waals surface area (Å²) < 4.78 is 26.0. The van der Waals surface area contributed by atoms with Crippen LogP contribution in [0.5, 0.6) is 0 Å². The molecule has 4 aromatic rings. The number of hydrogen-bond acceptors (Lipinski definition) is 6. The number of amides is 1. The van der Waals surface area contributed by atoms with E-state index >= 15 is 0 Å². The van der Waals surface area contributed by atoms with Crippen molar-refractivity contribution in [1.82, 2.24) is 14.8 Å². The van der Waals surface area contributed by atoms with Gasteiger partial charge in [-0.15, -0.1) is 11.3 Å². The van der Waals surface area contributed by atoms with Crippen molar-refractivity contribution < 1.29 is 13.2 Å². The molecule has 1 unspecified atom stereocenters. The molecule has 7 nitrogen and oxygen atoms in total. The van der Waals surface area contributed by atoms with Crippen LogP contribution in [-0.4, -0.2) is 40.6 Å². The number of aromatic nitrogens is 3. The van der Waals surface area contributed by atoms with E-state index in [1.54, 1.807) is 10.7 Å². The number of hydrogen-bond donors (Lipinski definition) is 1. The summed E-state index contributed by atoms with van der Waals surface area (Å²) >= 11 is 1.54. The number of rotatable bonds is 5. The fourth-order valence-corrected chi connectivity index (χ4v) is 6.79. The minimum atomic E-state index is -3.10. The molecule has 1 amide bonds. The van der Waals surface area contributed by atoms with Crippen LogP contribution in [-0.2, 0) is 9.84 Å². The predicted molar refractivity (Wildman–Crippen MR) is 136 cm³/mol. The number of sulfone groups is 1. The second kappa shape index (κ2) is 8.63. The van der Waals surface area contributed by atoms with Gasteiger partial charge in [0.2, 0.25) is 0 Å². The van der Waals surface area contributed by atoms with Crippen LogP contribution in [0.25, 0.3) is 21.6 Å². The highest BCUT2D eigenvalue weighted by molar-refractivity contribution is 7.91. The standard InChI is InChI=1S/C25H26N4O3S2/c1-15(2)17-6-8-18(9-7-17)26-25(30)20-13-21(22-5-4-11-33-22)27-24-23(20)16(3)28-29(24)19-10-12-34(31,32)14-19/h4-9,11,13,15,19H,10,12,14H2,1-3H3,(H,26,30). The molecule has 0 bridgehead atoms. The molecule has 1 aliphatic heterocycles. The minimum Gasteiger partial charge on any atom is -0.322 e. The van der Waals surface area contributed by atoms with Gasteiger partial charge in [-0.3, -0.25) is 4.79 Å². The summed E-state index contributed by atoms with van der Waals surface area (Å²) in [6.45, 7) is 6.09. The lowest BCUT2D eigenvalue weighted by Gasteiger charge is -2.12. The molecule has 5 rings (SSSR count). The van der Waals surface area contributed by atoms with Gasteiger partial charge in [-0.1, -0.05) is 32.0 Å². The zero-order valence-electron chi connectivity index (χ0n) is 19.3. The molecule has 1 aliphatic rings. The monoisotopic (exact) mass is 494 g/mol. The van der Waals surface area contributed by atoms with E-state index in [-0.39, 0.29) is 23.5 Å². The number of nitrogens with zero attached hydrogens (tertiary/aromatic N) is 3. The molecule has 9 heteroatoms. The summed E-state index contributed by atoms with van der Waals surface area (Å²) in [6.07, 6.45) is 0.493. The van der Waals surface area contributed by atoms with Crippen molar-refractivity contribution in [1.29, 1.82) is 0 Å². The Morgan fingerprint density at radius 3 is 2.59 bits per heavy atom. The summed E-state index contributed by atoms with van der Waals surface area (Å²) in [5.41, 5.74) is 4.27. The van der Waals surface area contributed by atoms with E-state index in [2.05, 4.69) is 24.3 Å². The Labute approximate surface area is 202 Å². The second-order valence-electron chi connectivity index (χ2n) is 9.05. The van der Waals surface area contributed by atoms with Gasteiger partial charge in [0.25, 0.3) is 5.91 Å². The maximum absolute atomic E-state index is 13.5. The quantitative estimate of drug-likeness (QED) is 0.411. The molecule has 0 radical (unpaired) electrons. The summed E-state index contributed by atoms with van der Waals surface area (Å²) in [7, 11) is -3.10. The largest absolute Gasteiger partial charge is 0.322 e. The van der Waals surface area contributed by atoms with Gasteiger partial charge in [-0.25, -0.2) is 18.1 Å². The highest BCUT2D eigenvalue weighted by Crippen LogP contribution is 2.33. The molecule has 1 N–H and O–H groups in total. The van der Waals surface area contributed by atoms with Gasteiger partial charge in [0.05, 0.1) is 44.8 Å². The fourth-order valence-electron chi connectivity index (χ4n) is 4.42. The maximum Gasteiger partial charge on any atom is 0.256 e. The third kappa shape index (κ3) is 4.25. The van der Waals surface area contributed by atoms with E-state index in [1.165, 1.54) is 16.9 Å². The van der Waals surface area contributed by atoms with Crippen molar-refractivity contribution in [2.24, 2.45) is 0 Å². The van der Waals surface area contributed by atoms with Crippen molar-refractivity contribution in [3.63, 3.8) is 0 Å². The van der Waals surface area contributed by atoms with Gasteiger partial charge < -0.3 is 5.32 Å². The molecule has 1 saturated heterocycles. The average Bonchev–Trinajstić information content (AvgIpc) is 3.53. The Kier molecular flexibility index (Phi) is 5.77. The van der Waals surface area contributed by atoms with Crippen molar-refractivity contribution >= 4 is 43.8 Å². The van der Waals surface area contributed by atoms with E-state index in [1.807, 2.05) is 48.7 Å². The van der Waals surface area contributed by atoms with Crippen LogP contribution >= 0.6 is 11.3 Å². The van der Waals surface area contributed by atoms with Gasteiger partial charge in [0, 0.05) is 5.69 Å². The highest BCUT2D eigenvalue weighted by atomic mass is 32.2. The predicted octanol–water partition coefficient (Wildman–Crippen LogP) is 5.20. The van der Waals surface area contributed by atoms with E-state index in [0.717, 1.165) is 4.88 Å². The Balaban J connectivity index is 1.61. The number of thiophene rings is 1. The zero-order chi connectivity index (χ0) is 24.0. The number of carbonyl (C=O) groups is 1. The lowest BCUT2D eigenvalue weighted by atomic mass is 10.0. The van der Waals surface area contributed by atoms with Crippen LogP contribution in [0, 0.1) is 6.92 Å². The fraction of sp³-hybridized carbons (Fsp3) is 0.320. The third-order valence-electron chi connectivity index (χ3n) is 6.24. The number of benzene rings is 1. The molecule has 34 heavy (non-hydrogen) atoms. The minimum absolute atomic E-state index is 0.0395. The second-order valence-corrected chi connectivity index (χ2v) is 12.2. The van der Waals surface area contributed by atoms with Crippen LogP contribution < -0.4 is 5.32 Å².